The van der Waals surface area contributed by atoms with Gasteiger partial charge >= 0.3 is 0 Å². The molecule has 0 aliphatic rings. The molecule has 0 aliphatic heterocycles. The van der Waals surface area contributed by atoms with Crippen LogP contribution in [-0.4, -0.2) is 11.5 Å². The van der Waals surface area contributed by atoms with Gasteiger partial charge in [-0.15, -0.1) is 0 Å². The zero-order valence-corrected chi connectivity index (χ0v) is 12.7. The quantitative estimate of drug-likeness (QED) is 0.861. The first-order valence-electron chi connectivity index (χ1n) is 6.33. The van der Waals surface area contributed by atoms with Gasteiger partial charge in [0.1, 0.15) is 17.3 Å². The molecule has 4 heteroatoms. The number of rotatable bonds is 5. The Labute approximate surface area is 122 Å². The summed E-state index contributed by atoms with van der Waals surface area (Å²) in [6.45, 7) is 5.06. The van der Waals surface area contributed by atoms with Gasteiger partial charge in [-0.25, -0.2) is 4.98 Å². The lowest BCUT2D eigenvalue weighted by atomic mass is 10.2. The van der Waals surface area contributed by atoms with E-state index in [1.54, 1.807) is 6.20 Å². The topological polar surface area (TPSA) is 34.1 Å². The Morgan fingerprint density at radius 1 is 1.26 bits per heavy atom. The Hall–Kier alpha value is -1.55. The maximum Gasteiger partial charge on any atom is 0.132 e. The first kappa shape index (κ1) is 13.9. The lowest BCUT2D eigenvalue weighted by Crippen LogP contribution is -2.01. The molecule has 0 saturated carbocycles. The predicted octanol–water partition coefficient (Wildman–Crippen LogP) is 4.77. The number of halogens is 1. The second-order valence-corrected chi connectivity index (χ2v) is 5.23. The van der Waals surface area contributed by atoms with Crippen molar-refractivity contribution in [1.29, 1.82) is 0 Å². The Balaban J connectivity index is 2.16. The third-order valence-electron chi connectivity index (χ3n) is 2.67. The fourth-order valence-corrected chi connectivity index (χ4v) is 1.98. The molecule has 0 amide bonds. The van der Waals surface area contributed by atoms with Crippen LogP contribution < -0.4 is 10.1 Å². The van der Waals surface area contributed by atoms with E-state index in [-0.39, 0.29) is 0 Å². The van der Waals surface area contributed by atoms with Crippen LogP contribution in [0.5, 0.6) is 11.5 Å². The van der Waals surface area contributed by atoms with Gasteiger partial charge in [0.05, 0.1) is 0 Å². The summed E-state index contributed by atoms with van der Waals surface area (Å²) in [4.78, 5) is 4.26. The highest BCUT2D eigenvalue weighted by molar-refractivity contribution is 9.10. The van der Waals surface area contributed by atoms with Gasteiger partial charge < -0.3 is 10.1 Å². The molecule has 100 valence electrons. The van der Waals surface area contributed by atoms with Crippen LogP contribution in [0.25, 0.3) is 0 Å². The lowest BCUT2D eigenvalue weighted by molar-refractivity contribution is 0.478. The highest BCUT2D eigenvalue weighted by Gasteiger charge is 2.03. The average molecular weight is 321 g/mol. The van der Waals surface area contributed by atoms with E-state index < -0.39 is 0 Å². The molecule has 0 unspecified atom stereocenters. The summed E-state index contributed by atoms with van der Waals surface area (Å²) < 4.78 is 6.91. The predicted molar refractivity (Wildman–Crippen MR) is 82.0 cm³/mol. The van der Waals surface area contributed by atoms with Gasteiger partial charge in [-0.05, 0) is 37.1 Å². The summed E-state index contributed by atoms with van der Waals surface area (Å²) >= 11 is 3.45. The number of nitrogens with zero attached hydrogens (tertiary/aromatic N) is 1. The van der Waals surface area contributed by atoms with Crippen molar-refractivity contribution in [2.24, 2.45) is 0 Å². The van der Waals surface area contributed by atoms with E-state index in [0.717, 1.165) is 40.3 Å². The molecule has 2 rings (SSSR count). The Bertz CT molecular complexity index is 558. The lowest BCUT2D eigenvalue weighted by Gasteiger charge is -2.10. The molecule has 0 fully saturated rings. The maximum atomic E-state index is 5.90. The van der Waals surface area contributed by atoms with Crippen LogP contribution >= 0.6 is 15.9 Å². The second-order valence-electron chi connectivity index (χ2n) is 4.32. The van der Waals surface area contributed by atoms with Crippen LogP contribution in [0, 0.1) is 6.92 Å². The minimum atomic E-state index is 0.787. The minimum Gasteiger partial charge on any atom is -0.457 e. The van der Waals surface area contributed by atoms with Crippen LogP contribution in [-0.2, 0) is 0 Å². The van der Waals surface area contributed by atoms with Gasteiger partial charge in [0.25, 0.3) is 0 Å². The largest absolute Gasteiger partial charge is 0.457 e. The fraction of sp³-hybridized carbons (Fsp3) is 0.267. The van der Waals surface area contributed by atoms with Crippen molar-refractivity contribution in [3.8, 4) is 11.5 Å². The number of aromatic nitrogens is 1. The minimum absolute atomic E-state index is 0.787. The van der Waals surface area contributed by atoms with Gasteiger partial charge in [-0.3, -0.25) is 0 Å². The highest BCUT2D eigenvalue weighted by atomic mass is 79.9. The van der Waals surface area contributed by atoms with E-state index in [1.165, 1.54) is 0 Å². The van der Waals surface area contributed by atoms with Crippen LogP contribution in [0.3, 0.4) is 0 Å². The molecule has 0 saturated heterocycles. The van der Waals surface area contributed by atoms with Crippen molar-refractivity contribution < 1.29 is 4.74 Å². The monoisotopic (exact) mass is 320 g/mol. The summed E-state index contributed by atoms with van der Waals surface area (Å²) in [7, 11) is 0. The van der Waals surface area contributed by atoms with Crippen LogP contribution in [0.4, 0.5) is 5.82 Å². The summed E-state index contributed by atoms with van der Waals surface area (Å²) in [6.07, 6.45) is 2.82. The van der Waals surface area contributed by atoms with Crippen molar-refractivity contribution in [2.75, 3.05) is 11.9 Å². The summed E-state index contributed by atoms with van der Waals surface area (Å²) in [5, 5.41) is 3.25. The molecular formula is C15H17BrN2O. The summed E-state index contributed by atoms with van der Waals surface area (Å²) in [5.41, 5.74) is 1.10. The molecule has 3 nitrogen and oxygen atoms in total. The molecule has 0 aliphatic carbocycles. The zero-order chi connectivity index (χ0) is 13.7. The van der Waals surface area contributed by atoms with Crippen molar-refractivity contribution in [3.05, 3.63) is 46.6 Å². The maximum absolute atomic E-state index is 5.90. The van der Waals surface area contributed by atoms with Crippen molar-refractivity contribution in [1.82, 2.24) is 4.98 Å². The van der Waals surface area contributed by atoms with Crippen molar-refractivity contribution in [3.63, 3.8) is 0 Å². The van der Waals surface area contributed by atoms with Crippen molar-refractivity contribution in [2.45, 2.75) is 20.3 Å². The van der Waals surface area contributed by atoms with Crippen LogP contribution in [0.15, 0.2) is 41.0 Å². The van der Waals surface area contributed by atoms with E-state index in [2.05, 4.69) is 33.2 Å². The number of hydrogen-bond acceptors (Lipinski definition) is 3. The van der Waals surface area contributed by atoms with E-state index in [9.17, 15) is 0 Å². The van der Waals surface area contributed by atoms with Gasteiger partial charge in [0.15, 0.2) is 0 Å². The number of anilines is 1. The van der Waals surface area contributed by atoms with Gasteiger partial charge in [-0.2, -0.15) is 0 Å². The first-order valence-corrected chi connectivity index (χ1v) is 7.12. The van der Waals surface area contributed by atoms with Crippen molar-refractivity contribution >= 4 is 21.7 Å². The molecule has 0 atom stereocenters. The van der Waals surface area contributed by atoms with E-state index in [0.29, 0.717) is 0 Å². The molecule has 1 aromatic heterocycles. The third kappa shape index (κ3) is 3.96. The highest BCUT2D eigenvalue weighted by Crippen LogP contribution is 2.28. The third-order valence-corrected chi connectivity index (χ3v) is 3.16. The Morgan fingerprint density at radius 2 is 2.11 bits per heavy atom. The van der Waals surface area contributed by atoms with Gasteiger partial charge in [-0.1, -0.05) is 28.9 Å². The summed E-state index contributed by atoms with van der Waals surface area (Å²) in [6, 6.07) is 9.77. The van der Waals surface area contributed by atoms with Crippen LogP contribution in [0.1, 0.15) is 18.9 Å². The molecular weight excluding hydrogens is 304 g/mol. The molecule has 0 bridgehead atoms. The SMILES string of the molecule is CCCNc1cc(Oc2cc(Br)ccc2C)ccn1. The molecule has 0 spiro atoms. The van der Waals surface area contributed by atoms with E-state index >= 15 is 0 Å². The van der Waals surface area contributed by atoms with E-state index in [1.807, 2.05) is 37.3 Å². The molecule has 19 heavy (non-hydrogen) atoms. The fourth-order valence-electron chi connectivity index (χ4n) is 1.64. The van der Waals surface area contributed by atoms with Gasteiger partial charge in [0.2, 0.25) is 0 Å². The number of pyridine rings is 1. The molecule has 1 N–H and O–H groups in total. The molecule has 0 radical (unpaired) electrons. The first-order chi connectivity index (χ1) is 9.19. The average Bonchev–Trinajstić information content (AvgIpc) is 2.41. The second kappa shape index (κ2) is 6.57. The molecule has 2 aromatic rings. The zero-order valence-electron chi connectivity index (χ0n) is 11.1. The smallest absolute Gasteiger partial charge is 0.132 e. The summed E-state index contributed by atoms with van der Waals surface area (Å²) in [5.74, 6) is 2.48. The Morgan fingerprint density at radius 3 is 2.89 bits per heavy atom. The normalized spacial score (nSPS) is 10.3. The van der Waals surface area contributed by atoms with E-state index in [4.69, 9.17) is 4.74 Å². The van der Waals surface area contributed by atoms with Crippen LogP contribution in [0.2, 0.25) is 0 Å². The molecule has 1 heterocycles. The molecule has 1 aromatic carbocycles. The standard InChI is InChI=1S/C15H17BrN2O/c1-3-7-17-15-10-13(6-8-18-15)19-14-9-12(16)5-4-11(14)2/h4-6,8-10H,3,7H2,1-2H3,(H,17,18). The van der Waals surface area contributed by atoms with Gasteiger partial charge in [0, 0.05) is 23.3 Å². The number of aryl methyl sites for hydroxylation is 1. The number of hydrogen-bond donors (Lipinski definition) is 1. The number of nitrogens with one attached hydrogen (secondary N) is 1. The Kier molecular flexibility index (Phi) is 4.80. The number of benzene rings is 1. The number of ether oxygens (including phenoxy) is 1.